The predicted molar refractivity (Wildman–Crippen MR) is 70.1 cm³/mol. The molecule has 0 atom stereocenters. The van der Waals surface area contributed by atoms with Crippen molar-refractivity contribution >= 4 is 11.3 Å². The molecule has 0 unspecified atom stereocenters. The smallest absolute Gasteiger partial charge is 0.160 e. The Kier molecular flexibility index (Phi) is 2.91. The molecule has 0 radical (unpaired) electrons. The third-order valence-electron chi connectivity index (χ3n) is 3.01. The first kappa shape index (κ1) is 10.9. The number of rotatable bonds is 4. The average Bonchev–Trinajstić information content (AvgIpc) is 3.05. The van der Waals surface area contributed by atoms with Crippen molar-refractivity contribution in [3.8, 4) is 11.4 Å². The molecule has 17 heavy (non-hydrogen) atoms. The van der Waals surface area contributed by atoms with Gasteiger partial charge in [0.2, 0.25) is 0 Å². The standard InChI is InChI=1S/C13H15N3S/c1-14-6-11-7-15-13(10-4-5-17-8-10)16-12(11)9-2-3-9/h4-5,7-9,14H,2-3,6H2,1H3. The topological polar surface area (TPSA) is 37.8 Å². The van der Waals surface area contributed by atoms with Crippen LogP contribution in [-0.2, 0) is 6.54 Å². The van der Waals surface area contributed by atoms with Crippen LogP contribution in [0.5, 0.6) is 0 Å². The summed E-state index contributed by atoms with van der Waals surface area (Å²) < 4.78 is 0. The van der Waals surface area contributed by atoms with Crippen molar-refractivity contribution in [1.29, 1.82) is 0 Å². The summed E-state index contributed by atoms with van der Waals surface area (Å²) in [6.45, 7) is 0.857. The van der Waals surface area contributed by atoms with Gasteiger partial charge in [-0.25, -0.2) is 9.97 Å². The molecule has 0 aromatic carbocycles. The molecule has 0 saturated heterocycles. The summed E-state index contributed by atoms with van der Waals surface area (Å²) in [5.41, 5.74) is 3.62. The minimum absolute atomic E-state index is 0.665. The first-order valence-electron chi connectivity index (χ1n) is 5.91. The second kappa shape index (κ2) is 4.55. The highest BCUT2D eigenvalue weighted by Crippen LogP contribution is 2.41. The highest BCUT2D eigenvalue weighted by atomic mass is 32.1. The number of thiophene rings is 1. The van der Waals surface area contributed by atoms with Gasteiger partial charge in [-0.2, -0.15) is 11.3 Å². The predicted octanol–water partition coefficient (Wildman–Crippen LogP) is 2.80. The largest absolute Gasteiger partial charge is 0.316 e. The van der Waals surface area contributed by atoms with Crippen molar-refractivity contribution in [2.45, 2.75) is 25.3 Å². The van der Waals surface area contributed by atoms with Crippen LogP contribution in [0.25, 0.3) is 11.4 Å². The van der Waals surface area contributed by atoms with E-state index in [1.807, 2.05) is 13.2 Å². The molecule has 88 valence electrons. The molecule has 1 saturated carbocycles. The van der Waals surface area contributed by atoms with Gasteiger partial charge in [0.1, 0.15) is 0 Å². The number of hydrogen-bond acceptors (Lipinski definition) is 4. The van der Waals surface area contributed by atoms with Crippen molar-refractivity contribution in [2.24, 2.45) is 0 Å². The zero-order valence-corrected chi connectivity index (χ0v) is 10.6. The van der Waals surface area contributed by atoms with Crippen LogP contribution < -0.4 is 5.32 Å². The first-order chi connectivity index (χ1) is 8.38. The fourth-order valence-electron chi connectivity index (χ4n) is 1.99. The van der Waals surface area contributed by atoms with Gasteiger partial charge in [-0.3, -0.25) is 0 Å². The maximum Gasteiger partial charge on any atom is 0.160 e. The summed E-state index contributed by atoms with van der Waals surface area (Å²) in [4.78, 5) is 9.22. The molecule has 0 aliphatic heterocycles. The molecule has 1 aliphatic carbocycles. The summed E-state index contributed by atoms with van der Waals surface area (Å²) in [7, 11) is 1.96. The number of aromatic nitrogens is 2. The Morgan fingerprint density at radius 1 is 1.47 bits per heavy atom. The molecule has 1 fully saturated rings. The van der Waals surface area contributed by atoms with Crippen molar-refractivity contribution in [1.82, 2.24) is 15.3 Å². The quantitative estimate of drug-likeness (QED) is 0.900. The van der Waals surface area contributed by atoms with Crippen LogP contribution in [0.2, 0.25) is 0 Å². The summed E-state index contributed by atoms with van der Waals surface area (Å²) in [5.74, 6) is 1.53. The molecule has 0 spiro atoms. The fourth-order valence-corrected chi connectivity index (χ4v) is 2.62. The van der Waals surface area contributed by atoms with Gasteiger partial charge in [0.05, 0.1) is 5.69 Å². The third-order valence-corrected chi connectivity index (χ3v) is 3.69. The Morgan fingerprint density at radius 2 is 2.35 bits per heavy atom. The Morgan fingerprint density at radius 3 is 3.00 bits per heavy atom. The van der Waals surface area contributed by atoms with Crippen molar-refractivity contribution < 1.29 is 0 Å². The Bertz CT molecular complexity index is 503. The van der Waals surface area contributed by atoms with Crippen LogP contribution >= 0.6 is 11.3 Å². The maximum absolute atomic E-state index is 4.75. The van der Waals surface area contributed by atoms with E-state index in [-0.39, 0.29) is 0 Å². The summed E-state index contributed by atoms with van der Waals surface area (Å²) in [5, 5.41) is 7.35. The second-order valence-corrected chi connectivity index (χ2v) is 5.20. The second-order valence-electron chi connectivity index (χ2n) is 4.42. The van der Waals surface area contributed by atoms with Gasteiger partial charge in [0.25, 0.3) is 0 Å². The van der Waals surface area contributed by atoms with Gasteiger partial charge in [0.15, 0.2) is 5.82 Å². The number of nitrogens with one attached hydrogen (secondary N) is 1. The zero-order chi connectivity index (χ0) is 11.7. The molecule has 3 nitrogen and oxygen atoms in total. The lowest BCUT2D eigenvalue weighted by molar-refractivity contribution is 0.784. The fraction of sp³-hybridized carbons (Fsp3) is 0.385. The van der Waals surface area contributed by atoms with Crippen LogP contribution in [0, 0.1) is 0 Å². The van der Waals surface area contributed by atoms with Gasteiger partial charge >= 0.3 is 0 Å². The highest BCUT2D eigenvalue weighted by molar-refractivity contribution is 7.08. The number of hydrogen-bond donors (Lipinski definition) is 1. The SMILES string of the molecule is CNCc1cnc(-c2ccsc2)nc1C1CC1. The van der Waals surface area contributed by atoms with Crippen molar-refractivity contribution in [3.05, 3.63) is 34.3 Å². The Balaban J connectivity index is 1.99. The van der Waals surface area contributed by atoms with E-state index in [4.69, 9.17) is 4.98 Å². The lowest BCUT2D eigenvalue weighted by Gasteiger charge is -2.08. The van der Waals surface area contributed by atoms with E-state index < -0.39 is 0 Å². The van der Waals surface area contributed by atoms with E-state index in [0.717, 1.165) is 17.9 Å². The molecule has 2 heterocycles. The minimum Gasteiger partial charge on any atom is -0.316 e. The van der Waals surface area contributed by atoms with Crippen molar-refractivity contribution in [2.75, 3.05) is 7.05 Å². The van der Waals surface area contributed by atoms with E-state index in [1.165, 1.54) is 24.1 Å². The normalized spacial score (nSPS) is 15.1. The summed E-state index contributed by atoms with van der Waals surface area (Å²) >= 11 is 1.69. The molecule has 1 N–H and O–H groups in total. The molecule has 3 rings (SSSR count). The molecule has 0 amide bonds. The van der Waals surface area contributed by atoms with E-state index in [1.54, 1.807) is 11.3 Å². The van der Waals surface area contributed by atoms with Gasteiger partial charge in [-0.1, -0.05) is 0 Å². The molecule has 2 aromatic heterocycles. The van der Waals surface area contributed by atoms with Gasteiger partial charge in [-0.15, -0.1) is 0 Å². The lowest BCUT2D eigenvalue weighted by atomic mass is 10.1. The van der Waals surface area contributed by atoms with Gasteiger partial charge in [0, 0.05) is 35.2 Å². The number of nitrogens with zero attached hydrogens (tertiary/aromatic N) is 2. The first-order valence-corrected chi connectivity index (χ1v) is 6.85. The van der Waals surface area contributed by atoms with E-state index in [0.29, 0.717) is 5.92 Å². The molecule has 1 aliphatic rings. The van der Waals surface area contributed by atoms with E-state index in [2.05, 4.69) is 27.1 Å². The molecule has 0 bridgehead atoms. The Hall–Kier alpha value is -1.26. The molecule has 2 aromatic rings. The third kappa shape index (κ3) is 2.23. The summed E-state index contributed by atoms with van der Waals surface area (Å²) in [6.07, 6.45) is 4.53. The van der Waals surface area contributed by atoms with Crippen LogP contribution in [-0.4, -0.2) is 17.0 Å². The van der Waals surface area contributed by atoms with Crippen LogP contribution in [0.15, 0.2) is 23.0 Å². The Labute approximate surface area is 105 Å². The van der Waals surface area contributed by atoms with Crippen LogP contribution in [0.1, 0.15) is 30.0 Å². The highest BCUT2D eigenvalue weighted by Gasteiger charge is 2.28. The van der Waals surface area contributed by atoms with Crippen LogP contribution in [0.4, 0.5) is 0 Å². The van der Waals surface area contributed by atoms with Crippen LogP contribution in [0.3, 0.4) is 0 Å². The van der Waals surface area contributed by atoms with E-state index in [9.17, 15) is 0 Å². The minimum atomic E-state index is 0.665. The molecular weight excluding hydrogens is 230 g/mol. The molecule has 4 heteroatoms. The molecular formula is C13H15N3S. The zero-order valence-electron chi connectivity index (χ0n) is 9.81. The van der Waals surface area contributed by atoms with Crippen molar-refractivity contribution in [3.63, 3.8) is 0 Å². The monoisotopic (exact) mass is 245 g/mol. The average molecular weight is 245 g/mol. The lowest BCUT2D eigenvalue weighted by Crippen LogP contribution is -2.10. The maximum atomic E-state index is 4.75. The summed E-state index contributed by atoms with van der Waals surface area (Å²) in [6, 6.07) is 2.08. The van der Waals surface area contributed by atoms with E-state index >= 15 is 0 Å². The van der Waals surface area contributed by atoms with Gasteiger partial charge < -0.3 is 5.32 Å². The van der Waals surface area contributed by atoms with Gasteiger partial charge in [-0.05, 0) is 31.3 Å².